The van der Waals surface area contributed by atoms with Gasteiger partial charge in [-0.2, -0.15) is 0 Å². The average molecular weight is 274 g/mol. The van der Waals surface area contributed by atoms with Crippen LogP contribution in [0.25, 0.3) is 0 Å². The minimum atomic E-state index is -0.911. The van der Waals surface area contributed by atoms with E-state index in [1.165, 1.54) is 0 Å². The topological polar surface area (TPSA) is 78.9 Å². The van der Waals surface area contributed by atoms with Crippen LogP contribution in [-0.2, 0) is 14.3 Å². The molecule has 0 rings (SSSR count). The first-order valence-corrected chi connectivity index (χ1v) is 6.78. The second-order valence-electron chi connectivity index (χ2n) is 4.73. The predicted octanol–water partition coefficient (Wildman–Crippen LogP) is 0.714. The summed E-state index contributed by atoms with van der Waals surface area (Å²) >= 11 is 0. The van der Waals surface area contributed by atoms with Crippen LogP contribution in [0.3, 0.4) is 0 Å². The Kier molecular flexibility index (Phi) is 10.1. The zero-order chi connectivity index (χ0) is 14.7. The Morgan fingerprint density at radius 3 is 2.53 bits per heavy atom. The van der Waals surface area contributed by atoms with Crippen molar-refractivity contribution in [2.75, 3.05) is 32.8 Å². The number of carbonyl (C=O) groups is 2. The summed E-state index contributed by atoms with van der Waals surface area (Å²) in [7, 11) is 0. The summed E-state index contributed by atoms with van der Waals surface area (Å²) in [5, 5.41) is 11.5. The third-order valence-electron chi connectivity index (χ3n) is 2.36. The molecule has 0 heterocycles. The number of hydrogen-bond acceptors (Lipinski definition) is 4. The molecule has 0 aromatic carbocycles. The molecule has 0 aromatic heterocycles. The first-order chi connectivity index (χ1) is 8.95. The van der Waals surface area contributed by atoms with Crippen LogP contribution in [-0.4, -0.2) is 60.8 Å². The Balaban J connectivity index is 3.77. The van der Waals surface area contributed by atoms with Gasteiger partial charge in [-0.3, -0.25) is 14.5 Å². The van der Waals surface area contributed by atoms with Crippen LogP contribution in [0.5, 0.6) is 0 Å². The van der Waals surface area contributed by atoms with Gasteiger partial charge in [0.2, 0.25) is 5.91 Å². The smallest absolute Gasteiger partial charge is 0.317 e. The standard InChI is InChI=1S/C13H26N2O4/c1-4-7-15(10-13(17)18)9-12(16)14-6-5-8-19-11(2)3/h11H,4-10H2,1-3H3,(H,14,16)(H,17,18). The molecule has 0 bridgehead atoms. The fraction of sp³-hybridized carbons (Fsp3) is 0.846. The molecule has 0 atom stereocenters. The summed E-state index contributed by atoms with van der Waals surface area (Å²) in [6, 6.07) is 0. The molecule has 112 valence electrons. The zero-order valence-electron chi connectivity index (χ0n) is 12.1. The van der Waals surface area contributed by atoms with Gasteiger partial charge in [0.05, 0.1) is 19.2 Å². The van der Waals surface area contributed by atoms with E-state index in [4.69, 9.17) is 9.84 Å². The van der Waals surface area contributed by atoms with Gasteiger partial charge in [-0.25, -0.2) is 0 Å². The van der Waals surface area contributed by atoms with Crippen molar-refractivity contribution in [2.24, 2.45) is 0 Å². The molecular weight excluding hydrogens is 248 g/mol. The lowest BCUT2D eigenvalue weighted by Gasteiger charge is -2.18. The van der Waals surface area contributed by atoms with Crippen LogP contribution < -0.4 is 5.32 Å². The number of carbonyl (C=O) groups excluding carboxylic acids is 1. The highest BCUT2D eigenvalue weighted by molar-refractivity contribution is 5.78. The summed E-state index contributed by atoms with van der Waals surface area (Å²) in [6.07, 6.45) is 1.78. The lowest BCUT2D eigenvalue weighted by molar-refractivity contribution is -0.138. The summed E-state index contributed by atoms with van der Waals surface area (Å²) in [4.78, 5) is 23.9. The Hall–Kier alpha value is -1.14. The van der Waals surface area contributed by atoms with E-state index in [1.807, 2.05) is 20.8 Å². The van der Waals surface area contributed by atoms with Gasteiger partial charge in [-0.05, 0) is 33.2 Å². The summed E-state index contributed by atoms with van der Waals surface area (Å²) in [6.45, 7) is 7.69. The van der Waals surface area contributed by atoms with Gasteiger partial charge in [0.25, 0.3) is 0 Å². The molecule has 0 fully saturated rings. The van der Waals surface area contributed by atoms with Crippen molar-refractivity contribution in [3.8, 4) is 0 Å². The molecule has 2 N–H and O–H groups in total. The number of ether oxygens (including phenoxy) is 1. The molecule has 0 spiro atoms. The monoisotopic (exact) mass is 274 g/mol. The zero-order valence-corrected chi connectivity index (χ0v) is 12.1. The van der Waals surface area contributed by atoms with Crippen molar-refractivity contribution < 1.29 is 19.4 Å². The van der Waals surface area contributed by atoms with Crippen LogP contribution in [0.15, 0.2) is 0 Å². The number of aliphatic carboxylic acids is 1. The third-order valence-corrected chi connectivity index (χ3v) is 2.36. The quantitative estimate of drug-likeness (QED) is 0.543. The first kappa shape index (κ1) is 17.9. The molecule has 0 radical (unpaired) electrons. The van der Waals surface area contributed by atoms with E-state index in [-0.39, 0.29) is 25.1 Å². The van der Waals surface area contributed by atoms with Crippen molar-refractivity contribution in [1.29, 1.82) is 0 Å². The molecule has 0 aliphatic heterocycles. The van der Waals surface area contributed by atoms with Crippen LogP contribution in [0.1, 0.15) is 33.6 Å². The molecule has 6 heteroatoms. The molecule has 0 aliphatic rings. The van der Waals surface area contributed by atoms with E-state index >= 15 is 0 Å². The molecule has 0 saturated carbocycles. The lowest BCUT2D eigenvalue weighted by Crippen LogP contribution is -2.40. The predicted molar refractivity (Wildman–Crippen MR) is 73.1 cm³/mol. The highest BCUT2D eigenvalue weighted by atomic mass is 16.5. The van der Waals surface area contributed by atoms with Gasteiger partial charge < -0.3 is 15.2 Å². The lowest BCUT2D eigenvalue weighted by atomic mass is 10.3. The Morgan fingerprint density at radius 1 is 1.32 bits per heavy atom. The SMILES string of the molecule is CCCN(CC(=O)O)CC(=O)NCCCOC(C)C. The number of hydrogen-bond donors (Lipinski definition) is 2. The fourth-order valence-electron chi connectivity index (χ4n) is 1.60. The second-order valence-corrected chi connectivity index (χ2v) is 4.73. The third kappa shape index (κ3) is 11.7. The molecule has 1 amide bonds. The van der Waals surface area contributed by atoms with Gasteiger partial charge in [0, 0.05) is 13.2 Å². The number of carboxylic acids is 1. The summed E-state index contributed by atoms with van der Waals surface area (Å²) in [5.74, 6) is -1.05. The number of carboxylic acid groups (broad SMARTS) is 1. The molecule has 0 saturated heterocycles. The molecule has 6 nitrogen and oxygen atoms in total. The normalized spacial score (nSPS) is 11.0. The Morgan fingerprint density at radius 2 is 2.00 bits per heavy atom. The van der Waals surface area contributed by atoms with Gasteiger partial charge in [-0.15, -0.1) is 0 Å². The Labute approximate surface area is 115 Å². The molecule has 0 aromatic rings. The van der Waals surface area contributed by atoms with Gasteiger partial charge in [-0.1, -0.05) is 6.92 Å². The second kappa shape index (κ2) is 10.8. The van der Waals surface area contributed by atoms with E-state index in [2.05, 4.69) is 5.32 Å². The van der Waals surface area contributed by atoms with Gasteiger partial charge in [0.15, 0.2) is 0 Å². The molecule has 19 heavy (non-hydrogen) atoms. The van der Waals surface area contributed by atoms with E-state index in [9.17, 15) is 9.59 Å². The maximum absolute atomic E-state index is 11.6. The summed E-state index contributed by atoms with van der Waals surface area (Å²) < 4.78 is 5.36. The number of nitrogens with zero attached hydrogens (tertiary/aromatic N) is 1. The number of amides is 1. The van der Waals surface area contributed by atoms with Gasteiger partial charge >= 0.3 is 5.97 Å². The maximum atomic E-state index is 11.6. The minimum Gasteiger partial charge on any atom is -0.480 e. The molecular formula is C13H26N2O4. The maximum Gasteiger partial charge on any atom is 0.317 e. The average Bonchev–Trinajstić information content (AvgIpc) is 2.27. The van der Waals surface area contributed by atoms with Crippen molar-refractivity contribution in [3.05, 3.63) is 0 Å². The first-order valence-electron chi connectivity index (χ1n) is 6.78. The van der Waals surface area contributed by atoms with Crippen LogP contribution in [0.2, 0.25) is 0 Å². The van der Waals surface area contributed by atoms with Crippen molar-refractivity contribution >= 4 is 11.9 Å². The van der Waals surface area contributed by atoms with Crippen LogP contribution in [0, 0.1) is 0 Å². The molecule has 0 unspecified atom stereocenters. The molecule has 0 aliphatic carbocycles. The highest BCUT2D eigenvalue weighted by Crippen LogP contribution is 1.92. The van der Waals surface area contributed by atoms with E-state index < -0.39 is 5.97 Å². The van der Waals surface area contributed by atoms with E-state index in [0.717, 1.165) is 12.8 Å². The van der Waals surface area contributed by atoms with Crippen LogP contribution >= 0.6 is 0 Å². The van der Waals surface area contributed by atoms with Crippen molar-refractivity contribution in [2.45, 2.75) is 39.7 Å². The minimum absolute atomic E-state index is 0.0995. The summed E-state index contributed by atoms with van der Waals surface area (Å²) in [5.41, 5.74) is 0. The number of nitrogens with one attached hydrogen (secondary N) is 1. The van der Waals surface area contributed by atoms with Crippen LogP contribution in [0.4, 0.5) is 0 Å². The largest absolute Gasteiger partial charge is 0.480 e. The van der Waals surface area contributed by atoms with Gasteiger partial charge in [0.1, 0.15) is 0 Å². The Bertz CT molecular complexity index is 269. The van der Waals surface area contributed by atoms with Crippen molar-refractivity contribution in [3.63, 3.8) is 0 Å². The van der Waals surface area contributed by atoms with Crippen molar-refractivity contribution in [1.82, 2.24) is 10.2 Å². The fourth-order valence-corrected chi connectivity index (χ4v) is 1.60. The van der Waals surface area contributed by atoms with E-state index in [0.29, 0.717) is 19.7 Å². The highest BCUT2D eigenvalue weighted by Gasteiger charge is 2.12. The van der Waals surface area contributed by atoms with E-state index in [1.54, 1.807) is 4.90 Å². The number of rotatable bonds is 11.